The normalized spacial score (nSPS) is 11.0. The predicted molar refractivity (Wildman–Crippen MR) is 100 cm³/mol. The standard InChI is InChI=1S/C17H13ClN4O3S/c18-13-6-3-5-11(8-13)16-20-21-17(26)22(16)19-9-12-4-1-2-7-14(12)25-10-15(23)24/h1-9H,10H2,(H,21,26)(H,23,24)/b19-9-. The van der Waals surface area contributed by atoms with Crippen LogP contribution in [0.2, 0.25) is 5.02 Å². The Labute approximate surface area is 158 Å². The molecule has 2 N–H and O–H groups in total. The maximum atomic E-state index is 10.7. The molecule has 132 valence electrons. The fraction of sp³-hybridized carbons (Fsp3) is 0.0588. The summed E-state index contributed by atoms with van der Waals surface area (Å²) in [6.07, 6.45) is 1.52. The average Bonchev–Trinajstić information content (AvgIpc) is 2.99. The van der Waals surface area contributed by atoms with Gasteiger partial charge in [0, 0.05) is 16.1 Å². The number of rotatable bonds is 6. The molecule has 3 aromatic rings. The topological polar surface area (TPSA) is 92.5 Å². The van der Waals surface area contributed by atoms with Crippen LogP contribution in [0.3, 0.4) is 0 Å². The zero-order valence-corrected chi connectivity index (χ0v) is 14.9. The van der Waals surface area contributed by atoms with Gasteiger partial charge in [0.05, 0.1) is 6.21 Å². The predicted octanol–water partition coefficient (Wildman–Crippen LogP) is 3.61. The van der Waals surface area contributed by atoms with Crippen molar-refractivity contribution in [2.75, 3.05) is 6.61 Å². The molecule has 0 aliphatic rings. The number of benzene rings is 2. The molecule has 0 aliphatic heterocycles. The van der Waals surface area contributed by atoms with Crippen molar-refractivity contribution in [3.8, 4) is 17.1 Å². The second kappa shape index (κ2) is 7.94. The number of carbonyl (C=O) groups is 1. The summed E-state index contributed by atoms with van der Waals surface area (Å²) < 4.78 is 7.02. The van der Waals surface area contributed by atoms with E-state index in [2.05, 4.69) is 15.3 Å². The molecule has 0 saturated heterocycles. The lowest BCUT2D eigenvalue weighted by atomic mass is 10.2. The highest BCUT2D eigenvalue weighted by Crippen LogP contribution is 2.21. The molecule has 0 atom stereocenters. The zero-order valence-electron chi connectivity index (χ0n) is 13.3. The van der Waals surface area contributed by atoms with Crippen LogP contribution in [-0.4, -0.2) is 38.8 Å². The van der Waals surface area contributed by atoms with E-state index in [-0.39, 0.29) is 0 Å². The van der Waals surface area contributed by atoms with E-state index < -0.39 is 12.6 Å². The number of carboxylic acids is 1. The van der Waals surface area contributed by atoms with E-state index in [1.54, 1.807) is 42.5 Å². The number of aliphatic carboxylic acids is 1. The number of carboxylic acid groups (broad SMARTS) is 1. The average molecular weight is 389 g/mol. The highest BCUT2D eigenvalue weighted by Gasteiger charge is 2.09. The summed E-state index contributed by atoms with van der Waals surface area (Å²) >= 11 is 11.3. The number of nitrogens with one attached hydrogen (secondary N) is 1. The molecule has 0 saturated carbocycles. The molecule has 7 nitrogen and oxygen atoms in total. The molecule has 0 bridgehead atoms. The second-order valence-electron chi connectivity index (χ2n) is 5.14. The Morgan fingerprint density at radius 2 is 2.15 bits per heavy atom. The van der Waals surface area contributed by atoms with Crippen molar-refractivity contribution in [1.82, 2.24) is 14.9 Å². The highest BCUT2D eigenvalue weighted by molar-refractivity contribution is 7.71. The van der Waals surface area contributed by atoms with E-state index in [4.69, 9.17) is 33.7 Å². The van der Waals surface area contributed by atoms with Gasteiger partial charge in [0.2, 0.25) is 4.77 Å². The van der Waals surface area contributed by atoms with Gasteiger partial charge in [-0.1, -0.05) is 35.9 Å². The van der Waals surface area contributed by atoms with Gasteiger partial charge in [-0.25, -0.2) is 9.89 Å². The SMILES string of the molecule is O=C(O)COc1ccccc1/C=N\n1c(-c2cccc(Cl)c2)n[nH]c1=S. The van der Waals surface area contributed by atoms with Crippen LogP contribution in [0.1, 0.15) is 5.56 Å². The van der Waals surface area contributed by atoms with Gasteiger partial charge >= 0.3 is 5.97 Å². The Balaban J connectivity index is 1.94. The van der Waals surface area contributed by atoms with E-state index in [9.17, 15) is 4.79 Å². The third-order valence-corrected chi connectivity index (χ3v) is 3.82. The molecule has 1 aromatic heterocycles. The van der Waals surface area contributed by atoms with E-state index >= 15 is 0 Å². The van der Waals surface area contributed by atoms with E-state index in [0.717, 1.165) is 5.56 Å². The highest BCUT2D eigenvalue weighted by atomic mass is 35.5. The number of ether oxygens (including phenoxy) is 1. The molecular formula is C17H13ClN4O3S. The summed E-state index contributed by atoms with van der Waals surface area (Å²) in [5, 5.41) is 20.6. The van der Waals surface area contributed by atoms with Crippen molar-refractivity contribution in [1.29, 1.82) is 0 Å². The Bertz CT molecular complexity index is 1030. The van der Waals surface area contributed by atoms with Crippen LogP contribution in [0.5, 0.6) is 5.75 Å². The summed E-state index contributed by atoms with van der Waals surface area (Å²) in [6.45, 7) is -0.441. The third kappa shape index (κ3) is 4.16. The number of nitrogens with zero attached hydrogens (tertiary/aromatic N) is 3. The molecule has 0 amide bonds. The molecular weight excluding hydrogens is 376 g/mol. The third-order valence-electron chi connectivity index (χ3n) is 3.32. The first-order chi connectivity index (χ1) is 12.5. The monoisotopic (exact) mass is 388 g/mol. The Morgan fingerprint density at radius 3 is 2.92 bits per heavy atom. The molecule has 0 spiro atoms. The van der Waals surface area contributed by atoms with Crippen molar-refractivity contribution in [3.63, 3.8) is 0 Å². The molecule has 9 heteroatoms. The molecule has 0 fully saturated rings. The van der Waals surface area contributed by atoms with Gasteiger partial charge in [0.15, 0.2) is 12.4 Å². The summed E-state index contributed by atoms with van der Waals surface area (Å²) in [4.78, 5) is 10.7. The second-order valence-corrected chi connectivity index (χ2v) is 5.96. The van der Waals surface area contributed by atoms with Crippen molar-refractivity contribution < 1.29 is 14.6 Å². The lowest BCUT2D eigenvalue weighted by Gasteiger charge is -2.06. The Hall–Kier alpha value is -2.97. The smallest absolute Gasteiger partial charge is 0.341 e. The molecule has 26 heavy (non-hydrogen) atoms. The van der Waals surface area contributed by atoms with Gasteiger partial charge < -0.3 is 9.84 Å². The molecule has 0 unspecified atom stereocenters. The molecule has 0 aliphatic carbocycles. The number of hydrogen-bond donors (Lipinski definition) is 2. The van der Waals surface area contributed by atoms with Gasteiger partial charge in [0.1, 0.15) is 5.75 Å². The van der Waals surface area contributed by atoms with E-state index in [0.29, 0.717) is 26.9 Å². The molecule has 3 rings (SSSR count). The summed E-state index contributed by atoms with van der Waals surface area (Å²) in [7, 11) is 0. The number of aromatic amines is 1. The van der Waals surface area contributed by atoms with Crippen LogP contribution in [-0.2, 0) is 4.79 Å². The van der Waals surface area contributed by atoms with Crippen LogP contribution < -0.4 is 4.74 Å². The largest absolute Gasteiger partial charge is 0.481 e. The van der Waals surface area contributed by atoms with Gasteiger partial charge in [-0.05, 0) is 36.5 Å². The number of aromatic nitrogens is 3. The first-order valence-corrected chi connectivity index (χ1v) is 8.24. The van der Waals surface area contributed by atoms with Crippen LogP contribution in [0.4, 0.5) is 0 Å². The summed E-state index contributed by atoms with van der Waals surface area (Å²) in [6, 6.07) is 14.1. The van der Waals surface area contributed by atoms with Crippen molar-refractivity contribution in [3.05, 3.63) is 63.9 Å². The first kappa shape index (κ1) is 17.8. The van der Waals surface area contributed by atoms with Gasteiger partial charge in [-0.3, -0.25) is 0 Å². The summed E-state index contributed by atoms with van der Waals surface area (Å²) in [5.74, 6) is -0.160. The lowest BCUT2D eigenvalue weighted by molar-refractivity contribution is -0.139. The number of H-pyrrole nitrogens is 1. The van der Waals surface area contributed by atoms with Gasteiger partial charge in [0.25, 0.3) is 0 Å². The minimum atomic E-state index is -1.06. The van der Waals surface area contributed by atoms with Crippen LogP contribution in [0.25, 0.3) is 11.4 Å². The van der Waals surface area contributed by atoms with E-state index in [1.165, 1.54) is 10.9 Å². The quantitative estimate of drug-likeness (QED) is 0.497. The minimum absolute atomic E-state index is 0.306. The molecule has 0 radical (unpaired) electrons. The van der Waals surface area contributed by atoms with Crippen molar-refractivity contribution >= 4 is 36.0 Å². The summed E-state index contributed by atoms with van der Waals surface area (Å²) in [5.41, 5.74) is 1.35. The number of para-hydroxylation sites is 1. The zero-order chi connectivity index (χ0) is 18.5. The van der Waals surface area contributed by atoms with Crippen molar-refractivity contribution in [2.45, 2.75) is 0 Å². The van der Waals surface area contributed by atoms with Crippen LogP contribution >= 0.6 is 23.8 Å². The van der Waals surface area contributed by atoms with Gasteiger partial charge in [-0.2, -0.15) is 14.9 Å². The Morgan fingerprint density at radius 1 is 1.35 bits per heavy atom. The minimum Gasteiger partial charge on any atom is -0.481 e. The molecule has 1 heterocycles. The lowest BCUT2D eigenvalue weighted by Crippen LogP contribution is -2.10. The van der Waals surface area contributed by atoms with E-state index in [1.807, 2.05) is 6.07 Å². The maximum Gasteiger partial charge on any atom is 0.341 e. The van der Waals surface area contributed by atoms with Gasteiger partial charge in [-0.15, -0.1) is 0 Å². The first-order valence-electron chi connectivity index (χ1n) is 7.46. The number of halogens is 1. The fourth-order valence-corrected chi connectivity index (χ4v) is 2.56. The maximum absolute atomic E-state index is 10.7. The van der Waals surface area contributed by atoms with Crippen LogP contribution in [0.15, 0.2) is 53.6 Å². The Kier molecular flexibility index (Phi) is 5.45. The fourth-order valence-electron chi connectivity index (χ4n) is 2.19. The molecule has 2 aromatic carbocycles. The van der Waals surface area contributed by atoms with Crippen molar-refractivity contribution in [2.24, 2.45) is 5.10 Å². The number of hydrogen-bond acceptors (Lipinski definition) is 5. The van der Waals surface area contributed by atoms with Crippen LogP contribution in [0, 0.1) is 4.77 Å².